The number of rotatable bonds is 4. The third-order valence-corrected chi connectivity index (χ3v) is 5.97. The van der Waals surface area contributed by atoms with Crippen LogP contribution in [0.15, 0.2) is 60.7 Å². The zero-order chi connectivity index (χ0) is 18.8. The molecule has 1 unspecified atom stereocenters. The number of thioether (sulfide) groups is 1. The predicted molar refractivity (Wildman–Crippen MR) is 104 cm³/mol. The summed E-state index contributed by atoms with van der Waals surface area (Å²) in [5, 5.41) is -0.193. The van der Waals surface area contributed by atoms with E-state index in [1.165, 1.54) is 4.90 Å². The normalized spacial score (nSPS) is 20.0. The number of hydrogen-bond donors (Lipinski definition) is 0. The van der Waals surface area contributed by atoms with Gasteiger partial charge in [0, 0.05) is 13.1 Å². The molecule has 0 saturated carbocycles. The summed E-state index contributed by atoms with van der Waals surface area (Å²) >= 11 is 1.04. The third-order valence-electron chi connectivity index (χ3n) is 5.14. The van der Waals surface area contributed by atoms with Gasteiger partial charge in [-0.05, 0) is 17.5 Å². The Kier molecular flexibility index (Phi) is 4.99. The maximum atomic E-state index is 13.4. The van der Waals surface area contributed by atoms with Gasteiger partial charge in [-0.1, -0.05) is 72.4 Å². The number of nitrogens with zero attached hydrogens (tertiary/aromatic N) is 2. The zero-order valence-electron chi connectivity index (χ0n) is 14.8. The highest BCUT2D eigenvalue weighted by Crippen LogP contribution is 2.31. The van der Waals surface area contributed by atoms with Gasteiger partial charge >= 0.3 is 0 Å². The second-order valence-corrected chi connectivity index (χ2v) is 7.73. The van der Waals surface area contributed by atoms with Crippen molar-refractivity contribution in [2.24, 2.45) is 0 Å². The third kappa shape index (κ3) is 3.49. The lowest BCUT2D eigenvalue weighted by atomic mass is 9.90. The van der Waals surface area contributed by atoms with Crippen LogP contribution in [0.25, 0.3) is 0 Å². The number of imide groups is 1. The van der Waals surface area contributed by atoms with Crippen molar-refractivity contribution < 1.29 is 14.4 Å². The molecule has 27 heavy (non-hydrogen) atoms. The quantitative estimate of drug-likeness (QED) is 0.818. The van der Waals surface area contributed by atoms with Crippen molar-refractivity contribution in [3.8, 4) is 0 Å². The fourth-order valence-corrected chi connectivity index (χ4v) is 4.60. The minimum atomic E-state index is -0.384. The Morgan fingerprint density at radius 2 is 1.56 bits per heavy atom. The van der Waals surface area contributed by atoms with Crippen LogP contribution in [0.5, 0.6) is 0 Å². The molecule has 138 valence electrons. The molecule has 3 amide bonds. The molecular weight excluding hydrogens is 360 g/mol. The predicted octanol–water partition coefficient (Wildman–Crippen LogP) is 3.11. The first-order valence-corrected chi connectivity index (χ1v) is 10.0. The lowest BCUT2D eigenvalue weighted by Crippen LogP contribution is -2.42. The zero-order valence-corrected chi connectivity index (χ0v) is 15.6. The molecule has 2 heterocycles. The smallest absolute Gasteiger partial charge is 0.289 e. The first kappa shape index (κ1) is 17.8. The van der Waals surface area contributed by atoms with Crippen molar-refractivity contribution in [1.29, 1.82) is 0 Å². The van der Waals surface area contributed by atoms with Crippen LogP contribution >= 0.6 is 11.8 Å². The van der Waals surface area contributed by atoms with E-state index in [0.717, 1.165) is 22.9 Å². The van der Waals surface area contributed by atoms with Gasteiger partial charge in [-0.3, -0.25) is 19.3 Å². The van der Waals surface area contributed by atoms with E-state index in [1.807, 2.05) is 60.7 Å². The largest absolute Gasteiger partial charge is 0.340 e. The summed E-state index contributed by atoms with van der Waals surface area (Å²) in [5.41, 5.74) is 1.89. The highest BCUT2D eigenvalue weighted by molar-refractivity contribution is 8.14. The number of amides is 3. The lowest BCUT2D eigenvalue weighted by Gasteiger charge is -2.26. The molecule has 2 aliphatic rings. The fourth-order valence-electron chi connectivity index (χ4n) is 3.82. The van der Waals surface area contributed by atoms with Gasteiger partial charge in [0.15, 0.2) is 0 Å². The van der Waals surface area contributed by atoms with Crippen LogP contribution in [0, 0.1) is 0 Å². The molecule has 0 bridgehead atoms. The molecule has 2 fully saturated rings. The second kappa shape index (κ2) is 7.56. The summed E-state index contributed by atoms with van der Waals surface area (Å²) in [4.78, 5) is 40.5. The molecule has 1 atom stereocenters. The molecule has 2 aromatic carbocycles. The van der Waals surface area contributed by atoms with Crippen molar-refractivity contribution in [3.05, 3.63) is 71.8 Å². The fraction of sp³-hybridized carbons (Fsp3) is 0.286. The Labute approximate surface area is 162 Å². The Morgan fingerprint density at radius 3 is 2.07 bits per heavy atom. The first-order valence-electron chi connectivity index (χ1n) is 9.02. The van der Waals surface area contributed by atoms with E-state index in [0.29, 0.717) is 19.5 Å². The van der Waals surface area contributed by atoms with Gasteiger partial charge in [-0.2, -0.15) is 0 Å². The molecule has 2 aromatic rings. The lowest BCUT2D eigenvalue weighted by molar-refractivity contribution is -0.132. The summed E-state index contributed by atoms with van der Waals surface area (Å²) in [6.07, 6.45) is 0.639. The molecule has 5 nitrogen and oxygen atoms in total. The molecule has 4 rings (SSSR count). The van der Waals surface area contributed by atoms with E-state index in [-0.39, 0.29) is 34.8 Å². The van der Waals surface area contributed by atoms with Gasteiger partial charge in [-0.25, -0.2) is 0 Å². The number of carbonyl (C=O) groups is 3. The van der Waals surface area contributed by atoms with Gasteiger partial charge in [0.25, 0.3) is 5.24 Å². The van der Waals surface area contributed by atoms with Crippen molar-refractivity contribution in [2.45, 2.75) is 18.4 Å². The molecule has 0 spiro atoms. The van der Waals surface area contributed by atoms with Gasteiger partial charge < -0.3 is 4.90 Å². The van der Waals surface area contributed by atoms with Crippen LogP contribution in [0.1, 0.15) is 23.5 Å². The van der Waals surface area contributed by atoms with E-state index in [2.05, 4.69) is 0 Å². The second-order valence-electron chi connectivity index (χ2n) is 6.80. The van der Waals surface area contributed by atoms with E-state index in [9.17, 15) is 14.4 Å². The Morgan fingerprint density at radius 1 is 0.963 bits per heavy atom. The Bertz CT molecular complexity index is 801. The topological polar surface area (TPSA) is 57.7 Å². The maximum Gasteiger partial charge on any atom is 0.289 e. The van der Waals surface area contributed by atoms with Gasteiger partial charge in [0.1, 0.15) is 0 Å². The standard InChI is InChI=1S/C21H20N2O3S/c24-18-14-27-21(26)23(18)17-11-12-22(13-17)20(25)19(15-7-3-1-4-8-15)16-9-5-2-6-10-16/h1-10,17,19H,11-14H2. The summed E-state index contributed by atoms with van der Waals surface area (Å²) in [6.45, 7) is 0.967. The summed E-state index contributed by atoms with van der Waals surface area (Å²) in [6, 6.07) is 19.3. The Hall–Kier alpha value is -2.60. The maximum absolute atomic E-state index is 13.4. The van der Waals surface area contributed by atoms with Crippen molar-refractivity contribution in [1.82, 2.24) is 9.80 Å². The number of likely N-dealkylation sites (tertiary alicyclic amines) is 1. The monoisotopic (exact) mass is 380 g/mol. The van der Waals surface area contributed by atoms with E-state index >= 15 is 0 Å². The van der Waals surface area contributed by atoms with Gasteiger partial charge in [0.05, 0.1) is 17.7 Å². The highest BCUT2D eigenvalue weighted by Gasteiger charge is 2.41. The Balaban J connectivity index is 1.58. The van der Waals surface area contributed by atoms with E-state index in [4.69, 9.17) is 0 Å². The first-order chi connectivity index (χ1) is 13.1. The van der Waals surface area contributed by atoms with Gasteiger partial charge in [-0.15, -0.1) is 0 Å². The van der Waals surface area contributed by atoms with Crippen molar-refractivity contribution in [2.75, 3.05) is 18.8 Å². The average molecular weight is 380 g/mol. The molecule has 0 aromatic heterocycles. The molecular formula is C21H20N2O3S. The number of benzene rings is 2. The van der Waals surface area contributed by atoms with Crippen LogP contribution in [-0.4, -0.2) is 51.7 Å². The summed E-state index contributed by atoms with van der Waals surface area (Å²) in [5.74, 6) is -0.306. The summed E-state index contributed by atoms with van der Waals surface area (Å²) < 4.78 is 0. The van der Waals surface area contributed by atoms with Crippen molar-refractivity contribution >= 4 is 28.8 Å². The number of carbonyl (C=O) groups excluding carboxylic acids is 3. The van der Waals surface area contributed by atoms with Crippen molar-refractivity contribution in [3.63, 3.8) is 0 Å². The minimum Gasteiger partial charge on any atom is -0.340 e. The van der Waals surface area contributed by atoms with Crippen LogP contribution < -0.4 is 0 Å². The van der Waals surface area contributed by atoms with Crippen LogP contribution in [0.4, 0.5) is 4.79 Å². The highest BCUT2D eigenvalue weighted by atomic mass is 32.2. The molecule has 0 radical (unpaired) electrons. The van der Waals surface area contributed by atoms with E-state index in [1.54, 1.807) is 4.90 Å². The summed E-state index contributed by atoms with van der Waals surface area (Å²) in [7, 11) is 0. The average Bonchev–Trinajstić information content (AvgIpc) is 3.30. The van der Waals surface area contributed by atoms with Crippen LogP contribution in [0.2, 0.25) is 0 Å². The minimum absolute atomic E-state index is 0.0154. The molecule has 2 aliphatic heterocycles. The van der Waals surface area contributed by atoms with Crippen LogP contribution in [-0.2, 0) is 9.59 Å². The van der Waals surface area contributed by atoms with E-state index < -0.39 is 0 Å². The molecule has 0 N–H and O–H groups in total. The SMILES string of the molecule is O=C(C(c1ccccc1)c1ccccc1)N1CCC(N2C(=O)CSC2=O)C1. The molecule has 2 saturated heterocycles. The number of hydrogen-bond acceptors (Lipinski definition) is 4. The van der Waals surface area contributed by atoms with Gasteiger partial charge in [0.2, 0.25) is 11.8 Å². The van der Waals surface area contributed by atoms with Crippen LogP contribution in [0.3, 0.4) is 0 Å². The molecule has 6 heteroatoms. The molecule has 0 aliphatic carbocycles.